The first kappa shape index (κ1) is 26.4. The van der Waals surface area contributed by atoms with Crippen LogP contribution in [0.25, 0.3) is 33.6 Å². The number of hydrogen-bond acceptors (Lipinski definition) is 2. The van der Waals surface area contributed by atoms with E-state index in [0.717, 1.165) is 33.6 Å². The van der Waals surface area contributed by atoms with Gasteiger partial charge in [0.25, 0.3) is 0 Å². The molecular weight excluding hydrogens is 653 g/mol. The summed E-state index contributed by atoms with van der Waals surface area (Å²) in [6.45, 7) is 1.91. The van der Waals surface area contributed by atoms with Crippen LogP contribution in [0.3, 0.4) is 0 Å². The summed E-state index contributed by atoms with van der Waals surface area (Å²) in [6.07, 6.45) is 3.57. The minimum atomic E-state index is -0.798. The average molecular weight is 682 g/mol. The van der Waals surface area contributed by atoms with Gasteiger partial charge in [-0.1, -0.05) is 85.8 Å². The van der Waals surface area contributed by atoms with E-state index in [1.54, 1.807) is 12.4 Å². The van der Waals surface area contributed by atoms with Gasteiger partial charge in [0.2, 0.25) is 0 Å². The molecule has 2 nitrogen and oxygen atoms in total. The molecule has 0 fully saturated rings. The van der Waals surface area contributed by atoms with Gasteiger partial charge < -0.3 is 9.97 Å². The zero-order valence-corrected chi connectivity index (χ0v) is 24.0. The second-order valence-corrected chi connectivity index (χ2v) is 8.77. The van der Waals surface area contributed by atoms with E-state index in [9.17, 15) is 0 Å². The normalized spacial score (nSPS) is 12.1. The third-order valence-corrected chi connectivity index (χ3v) is 6.23. The summed E-state index contributed by atoms with van der Waals surface area (Å²) < 4.78 is 8.73. The maximum Gasteiger partial charge on any atom is 0.0399 e. The molecule has 0 aliphatic rings. The molecule has 0 saturated heterocycles. The summed E-state index contributed by atoms with van der Waals surface area (Å²) >= 11 is 0. The standard InChI is InChI=1S/C19H16N.C17H12N.Ir/c1-15(16-8-4-2-5-9-16)18-12-13-20-19(14-18)17-10-6-3-7-11-17;1-2-7-14(8-3-1)15-9-6-10-16(13-15)17-11-4-5-12-18-17;/h2-10,12-15H,1H3;1-9,11-13H;/q2*-1;/i15D;;. The van der Waals surface area contributed by atoms with Crippen molar-refractivity contribution in [1.29, 1.82) is 0 Å². The predicted octanol–water partition coefficient (Wildman–Crippen LogP) is 8.91. The fraction of sp³-hybridized carbons (Fsp3) is 0.0556. The van der Waals surface area contributed by atoms with Crippen molar-refractivity contribution in [3.05, 3.63) is 169 Å². The van der Waals surface area contributed by atoms with Gasteiger partial charge in [-0.05, 0) is 40.2 Å². The van der Waals surface area contributed by atoms with Gasteiger partial charge in [-0.2, -0.15) is 0 Å². The topological polar surface area (TPSA) is 25.8 Å². The van der Waals surface area contributed by atoms with Crippen LogP contribution < -0.4 is 0 Å². The van der Waals surface area contributed by atoms with Gasteiger partial charge in [-0.25, -0.2) is 0 Å². The molecule has 1 unspecified atom stereocenters. The average Bonchev–Trinajstić information content (AvgIpc) is 3.03. The Morgan fingerprint density at radius 2 is 1.26 bits per heavy atom. The largest absolute Gasteiger partial charge is 0.305 e. The van der Waals surface area contributed by atoms with Gasteiger partial charge in [0.05, 0.1) is 0 Å². The van der Waals surface area contributed by atoms with Crippen LogP contribution in [0.4, 0.5) is 0 Å². The molecule has 6 aromatic rings. The quantitative estimate of drug-likeness (QED) is 0.170. The third-order valence-electron chi connectivity index (χ3n) is 6.23. The van der Waals surface area contributed by atoms with Crippen molar-refractivity contribution in [1.82, 2.24) is 9.97 Å². The number of pyridine rings is 2. The Hall–Kier alpha value is -4.17. The summed E-state index contributed by atoms with van der Waals surface area (Å²) in [5, 5.41) is 0. The Morgan fingerprint density at radius 3 is 1.97 bits per heavy atom. The fourth-order valence-corrected chi connectivity index (χ4v) is 4.17. The second-order valence-electron chi connectivity index (χ2n) is 8.77. The molecule has 4 aromatic carbocycles. The van der Waals surface area contributed by atoms with Gasteiger partial charge in [-0.15, -0.1) is 71.3 Å². The fourth-order valence-electron chi connectivity index (χ4n) is 4.17. The molecule has 3 heteroatoms. The molecular formula is C36H28IrN2-2. The molecule has 0 N–H and O–H groups in total. The Labute approximate surface area is 246 Å². The zero-order chi connectivity index (χ0) is 26.9. The van der Waals surface area contributed by atoms with Crippen LogP contribution in [0.1, 0.15) is 25.3 Å². The first-order chi connectivity index (χ1) is 19.1. The van der Waals surface area contributed by atoms with Crippen LogP contribution in [-0.2, 0) is 20.1 Å². The monoisotopic (exact) mass is 682 g/mol. The summed E-state index contributed by atoms with van der Waals surface area (Å²) in [5.74, 6) is -0.798. The Morgan fingerprint density at radius 1 is 0.564 bits per heavy atom. The Kier molecular flexibility index (Phi) is 9.57. The zero-order valence-electron chi connectivity index (χ0n) is 22.6. The molecule has 2 heterocycles. The van der Waals surface area contributed by atoms with E-state index in [4.69, 9.17) is 1.37 Å². The maximum atomic E-state index is 8.73. The summed E-state index contributed by atoms with van der Waals surface area (Å²) in [4.78, 5) is 8.75. The minimum absolute atomic E-state index is 0. The van der Waals surface area contributed by atoms with Crippen LogP contribution in [0.2, 0.25) is 0 Å². The summed E-state index contributed by atoms with van der Waals surface area (Å²) in [7, 11) is 0. The van der Waals surface area contributed by atoms with Gasteiger partial charge in [-0.3, -0.25) is 0 Å². The smallest absolute Gasteiger partial charge is 0.0399 e. The van der Waals surface area contributed by atoms with Crippen molar-refractivity contribution in [3.63, 3.8) is 0 Å². The number of aromatic nitrogens is 2. The van der Waals surface area contributed by atoms with Crippen molar-refractivity contribution >= 4 is 0 Å². The number of hydrogen-bond donors (Lipinski definition) is 0. The van der Waals surface area contributed by atoms with Crippen molar-refractivity contribution < 1.29 is 21.5 Å². The van der Waals surface area contributed by atoms with Crippen LogP contribution in [0.15, 0.2) is 146 Å². The first-order valence-electron chi connectivity index (χ1n) is 13.1. The van der Waals surface area contributed by atoms with E-state index in [1.165, 1.54) is 11.1 Å². The van der Waals surface area contributed by atoms with E-state index in [1.807, 2.05) is 116 Å². The molecule has 1 radical (unpaired) electrons. The van der Waals surface area contributed by atoms with Gasteiger partial charge in [0, 0.05) is 39.8 Å². The van der Waals surface area contributed by atoms with Crippen LogP contribution >= 0.6 is 0 Å². The number of nitrogens with zero attached hydrogens (tertiary/aromatic N) is 2. The SMILES string of the molecule is [2H]C(C)(c1ccccc1)c1ccnc(-c2[c-]cccc2)c1.[Ir].[c-]1ccc(-c2ccccc2)cc1-c1ccccn1. The predicted molar refractivity (Wildman–Crippen MR) is 156 cm³/mol. The van der Waals surface area contributed by atoms with E-state index in [2.05, 4.69) is 46.4 Å². The molecule has 0 saturated carbocycles. The van der Waals surface area contributed by atoms with Gasteiger partial charge in [0.1, 0.15) is 0 Å². The molecule has 6 rings (SSSR count). The maximum absolute atomic E-state index is 8.73. The Balaban J connectivity index is 0.000000182. The summed E-state index contributed by atoms with van der Waals surface area (Å²) in [6, 6.07) is 50.3. The van der Waals surface area contributed by atoms with E-state index < -0.39 is 5.89 Å². The number of rotatable bonds is 5. The van der Waals surface area contributed by atoms with Crippen molar-refractivity contribution in [3.8, 4) is 33.6 Å². The minimum Gasteiger partial charge on any atom is -0.305 e. The molecule has 193 valence electrons. The first-order valence-corrected chi connectivity index (χ1v) is 12.6. The van der Waals surface area contributed by atoms with Crippen molar-refractivity contribution in [2.24, 2.45) is 0 Å². The van der Waals surface area contributed by atoms with E-state index in [0.29, 0.717) is 0 Å². The molecule has 0 aliphatic heterocycles. The molecule has 2 aromatic heterocycles. The Bertz CT molecular complexity index is 1550. The molecule has 0 bridgehead atoms. The van der Waals surface area contributed by atoms with Gasteiger partial charge >= 0.3 is 0 Å². The van der Waals surface area contributed by atoms with Crippen molar-refractivity contribution in [2.75, 3.05) is 0 Å². The van der Waals surface area contributed by atoms with E-state index >= 15 is 0 Å². The molecule has 39 heavy (non-hydrogen) atoms. The van der Waals surface area contributed by atoms with Crippen LogP contribution in [0.5, 0.6) is 0 Å². The van der Waals surface area contributed by atoms with Crippen LogP contribution in [0, 0.1) is 12.1 Å². The molecule has 1 atom stereocenters. The third kappa shape index (κ3) is 7.45. The molecule has 0 spiro atoms. The van der Waals surface area contributed by atoms with Gasteiger partial charge in [0.15, 0.2) is 0 Å². The molecule has 0 amide bonds. The molecule has 0 aliphatic carbocycles. The summed E-state index contributed by atoms with van der Waals surface area (Å²) in [5.41, 5.74) is 8.08. The second kappa shape index (κ2) is 14.1. The van der Waals surface area contributed by atoms with E-state index in [-0.39, 0.29) is 20.1 Å². The number of benzene rings is 4. The van der Waals surface area contributed by atoms with Crippen molar-refractivity contribution in [2.45, 2.75) is 12.8 Å². The van der Waals surface area contributed by atoms with Crippen LogP contribution in [-0.4, -0.2) is 9.97 Å².